The summed E-state index contributed by atoms with van der Waals surface area (Å²) in [7, 11) is 0. The number of hydrogen-bond donors (Lipinski definition) is 2. The lowest BCUT2D eigenvalue weighted by Crippen LogP contribution is -2.55. The first kappa shape index (κ1) is 22.3. The number of nitrogens with one attached hydrogen (secondary N) is 2. The summed E-state index contributed by atoms with van der Waals surface area (Å²) in [5.41, 5.74) is 1.95. The van der Waals surface area contributed by atoms with Crippen LogP contribution in [0.25, 0.3) is 5.69 Å². The Hall–Kier alpha value is -4.13. The standard InChI is InChI=1S/C23H23N7O6/c31-19-4-3-18(21(33)25-19)28-8-12-5-13(1-2-16(12)22(28)34)29-9-17(26-27-29)23(35)30-14-6-20(32)24-7-15(30)11-36-10-14/h1-2,5,9,14-15,18H,3-4,6-8,10-11H2,(H,24,32)(H,25,31,33). The molecule has 0 radical (unpaired) electrons. The van der Waals surface area contributed by atoms with Crippen LogP contribution in [0.15, 0.2) is 24.4 Å². The van der Waals surface area contributed by atoms with E-state index < -0.39 is 11.9 Å². The largest absolute Gasteiger partial charge is 0.377 e. The maximum atomic E-state index is 13.3. The Morgan fingerprint density at radius 1 is 1.08 bits per heavy atom. The second-order valence-corrected chi connectivity index (χ2v) is 9.36. The number of rotatable bonds is 3. The van der Waals surface area contributed by atoms with Crippen LogP contribution in [0.3, 0.4) is 0 Å². The maximum absolute atomic E-state index is 13.3. The van der Waals surface area contributed by atoms with Gasteiger partial charge in [0.05, 0.1) is 37.2 Å². The molecule has 0 spiro atoms. The van der Waals surface area contributed by atoms with Crippen LogP contribution in [0.4, 0.5) is 0 Å². The zero-order valence-electron chi connectivity index (χ0n) is 19.2. The third-order valence-electron chi connectivity index (χ3n) is 7.08. The molecule has 3 atom stereocenters. The van der Waals surface area contributed by atoms with E-state index >= 15 is 0 Å². The van der Waals surface area contributed by atoms with Crippen molar-refractivity contribution in [1.29, 1.82) is 0 Å². The molecule has 3 fully saturated rings. The van der Waals surface area contributed by atoms with Crippen molar-refractivity contribution in [2.24, 2.45) is 0 Å². The number of carbonyl (C=O) groups excluding carboxylic acids is 5. The quantitative estimate of drug-likeness (QED) is 0.503. The third-order valence-corrected chi connectivity index (χ3v) is 7.08. The number of hydrogen-bond acceptors (Lipinski definition) is 8. The van der Waals surface area contributed by atoms with E-state index in [0.29, 0.717) is 24.4 Å². The van der Waals surface area contributed by atoms with Gasteiger partial charge in [-0.15, -0.1) is 5.10 Å². The fourth-order valence-corrected chi connectivity index (χ4v) is 5.29. The molecule has 2 aromatic rings. The lowest BCUT2D eigenvalue weighted by atomic mass is 10.0. The van der Waals surface area contributed by atoms with Gasteiger partial charge in [0.25, 0.3) is 11.8 Å². The number of piperidine rings is 1. The first-order chi connectivity index (χ1) is 17.4. The Morgan fingerprint density at radius 2 is 1.92 bits per heavy atom. The highest BCUT2D eigenvalue weighted by atomic mass is 16.5. The van der Waals surface area contributed by atoms with Crippen molar-refractivity contribution in [3.8, 4) is 5.69 Å². The molecule has 5 amide bonds. The summed E-state index contributed by atoms with van der Waals surface area (Å²) < 4.78 is 7.03. The van der Waals surface area contributed by atoms with E-state index in [1.165, 1.54) is 15.8 Å². The van der Waals surface area contributed by atoms with E-state index in [4.69, 9.17) is 4.74 Å². The highest BCUT2D eigenvalue weighted by Gasteiger charge is 2.41. The molecule has 186 valence electrons. The van der Waals surface area contributed by atoms with Crippen LogP contribution >= 0.6 is 0 Å². The van der Waals surface area contributed by atoms with Gasteiger partial charge in [-0.1, -0.05) is 5.21 Å². The van der Waals surface area contributed by atoms with Crippen LogP contribution in [-0.4, -0.2) is 92.2 Å². The van der Waals surface area contributed by atoms with Gasteiger partial charge in [-0.2, -0.15) is 0 Å². The minimum Gasteiger partial charge on any atom is -0.377 e. The predicted octanol–water partition coefficient (Wildman–Crippen LogP) is -1.24. The molecule has 13 heteroatoms. The predicted molar refractivity (Wildman–Crippen MR) is 120 cm³/mol. The zero-order chi connectivity index (χ0) is 25.0. The van der Waals surface area contributed by atoms with Gasteiger partial charge in [-0.25, -0.2) is 4.68 Å². The smallest absolute Gasteiger partial charge is 0.276 e. The number of morpholine rings is 1. The number of amides is 5. The SMILES string of the molecule is O=C1CC2COCC(CN1)N2C(=O)c1cn(-c2ccc3c(c2)CN(C2CCC(=O)NC2=O)C3=O)nn1. The van der Waals surface area contributed by atoms with Crippen LogP contribution in [0.2, 0.25) is 0 Å². The number of carbonyl (C=O) groups is 5. The molecule has 13 nitrogen and oxygen atoms in total. The van der Waals surface area contributed by atoms with Crippen molar-refractivity contribution in [2.45, 2.75) is 43.9 Å². The molecule has 3 unspecified atom stereocenters. The minimum atomic E-state index is -0.694. The summed E-state index contributed by atoms with van der Waals surface area (Å²) >= 11 is 0. The van der Waals surface area contributed by atoms with E-state index in [2.05, 4.69) is 20.9 Å². The molecule has 1 aromatic heterocycles. The molecule has 3 saturated heterocycles. The summed E-state index contributed by atoms with van der Waals surface area (Å²) in [6.45, 7) is 1.16. The topological polar surface area (TPSA) is 156 Å². The van der Waals surface area contributed by atoms with Crippen LogP contribution in [0.1, 0.15) is 45.7 Å². The molecule has 36 heavy (non-hydrogen) atoms. The van der Waals surface area contributed by atoms with Crippen molar-refractivity contribution < 1.29 is 28.7 Å². The molecule has 4 aliphatic rings. The summed E-state index contributed by atoms with van der Waals surface area (Å²) in [5, 5.41) is 13.3. The summed E-state index contributed by atoms with van der Waals surface area (Å²) in [6.07, 6.45) is 2.16. The fraction of sp³-hybridized carbons (Fsp3) is 0.435. The summed E-state index contributed by atoms with van der Waals surface area (Å²) in [6, 6.07) is 3.80. The molecule has 4 aliphatic heterocycles. The highest BCUT2D eigenvalue weighted by Crippen LogP contribution is 2.29. The Balaban J connectivity index is 1.22. The molecular formula is C23H23N7O6. The Labute approximate surface area is 204 Å². The molecule has 1 aromatic carbocycles. The van der Waals surface area contributed by atoms with Crippen molar-refractivity contribution in [2.75, 3.05) is 19.8 Å². The Kier molecular flexibility index (Phi) is 5.29. The minimum absolute atomic E-state index is 0.117. The molecule has 6 rings (SSSR count). The van der Waals surface area contributed by atoms with Crippen molar-refractivity contribution in [3.63, 3.8) is 0 Å². The van der Waals surface area contributed by atoms with Crippen molar-refractivity contribution >= 4 is 29.5 Å². The molecule has 0 aliphatic carbocycles. The average Bonchev–Trinajstić information content (AvgIpc) is 3.45. The van der Waals surface area contributed by atoms with Gasteiger partial charge in [-0.05, 0) is 30.2 Å². The second-order valence-electron chi connectivity index (χ2n) is 9.36. The fourth-order valence-electron chi connectivity index (χ4n) is 5.29. The number of fused-ring (bicyclic) bond motifs is 3. The van der Waals surface area contributed by atoms with E-state index in [0.717, 1.165) is 5.56 Å². The van der Waals surface area contributed by atoms with Crippen molar-refractivity contribution in [1.82, 2.24) is 35.4 Å². The van der Waals surface area contributed by atoms with E-state index in [-0.39, 0.29) is 73.8 Å². The van der Waals surface area contributed by atoms with Crippen LogP contribution in [0.5, 0.6) is 0 Å². The lowest BCUT2D eigenvalue weighted by Gasteiger charge is -2.39. The first-order valence-corrected chi connectivity index (χ1v) is 11.8. The van der Waals surface area contributed by atoms with Gasteiger partial charge in [0.15, 0.2) is 5.69 Å². The normalized spacial score (nSPS) is 25.8. The van der Waals surface area contributed by atoms with Crippen LogP contribution in [0, 0.1) is 0 Å². The van der Waals surface area contributed by atoms with E-state index in [1.807, 2.05) is 0 Å². The van der Waals surface area contributed by atoms with Crippen molar-refractivity contribution in [3.05, 3.63) is 41.2 Å². The number of ether oxygens (including phenoxy) is 1. The van der Waals surface area contributed by atoms with Gasteiger partial charge >= 0.3 is 0 Å². The Morgan fingerprint density at radius 3 is 2.75 bits per heavy atom. The number of nitrogens with zero attached hydrogens (tertiary/aromatic N) is 5. The zero-order valence-corrected chi connectivity index (χ0v) is 19.2. The molecule has 0 saturated carbocycles. The van der Waals surface area contributed by atoms with Gasteiger partial charge < -0.3 is 19.9 Å². The molecule has 2 bridgehead atoms. The van der Waals surface area contributed by atoms with Gasteiger partial charge in [0.2, 0.25) is 17.7 Å². The summed E-state index contributed by atoms with van der Waals surface area (Å²) in [4.78, 5) is 65.1. The first-order valence-electron chi connectivity index (χ1n) is 11.8. The molecular weight excluding hydrogens is 470 g/mol. The highest BCUT2D eigenvalue weighted by molar-refractivity contribution is 6.05. The monoisotopic (exact) mass is 493 g/mol. The number of imide groups is 1. The lowest BCUT2D eigenvalue weighted by molar-refractivity contribution is -0.137. The Bertz CT molecular complexity index is 1310. The van der Waals surface area contributed by atoms with Gasteiger partial charge in [0, 0.05) is 31.5 Å². The molecule has 5 heterocycles. The van der Waals surface area contributed by atoms with E-state index in [9.17, 15) is 24.0 Å². The van der Waals surface area contributed by atoms with Gasteiger partial charge in [-0.3, -0.25) is 29.3 Å². The number of aromatic nitrogens is 3. The maximum Gasteiger partial charge on any atom is 0.276 e. The third kappa shape index (κ3) is 3.71. The van der Waals surface area contributed by atoms with E-state index in [1.54, 1.807) is 23.1 Å². The van der Waals surface area contributed by atoms with Gasteiger partial charge in [0.1, 0.15) is 6.04 Å². The average molecular weight is 493 g/mol. The second kappa shape index (κ2) is 8.52. The van der Waals surface area contributed by atoms with Crippen LogP contribution < -0.4 is 10.6 Å². The van der Waals surface area contributed by atoms with Crippen LogP contribution in [-0.2, 0) is 25.7 Å². The number of benzene rings is 1. The molecule has 2 N–H and O–H groups in total. The summed E-state index contributed by atoms with van der Waals surface area (Å²) in [5.74, 6) is -1.51.